The quantitative estimate of drug-likeness (QED) is 0.816. The van der Waals surface area contributed by atoms with Crippen molar-refractivity contribution < 1.29 is 22.7 Å². The Kier molecular flexibility index (Phi) is 5.20. The molecule has 6 nitrogen and oxygen atoms in total. The third kappa shape index (κ3) is 4.29. The van der Waals surface area contributed by atoms with Crippen molar-refractivity contribution >= 4 is 11.7 Å². The van der Waals surface area contributed by atoms with Gasteiger partial charge in [-0.2, -0.15) is 18.2 Å². The Labute approximate surface area is 154 Å². The third-order valence-electron chi connectivity index (χ3n) is 4.24. The van der Waals surface area contributed by atoms with Crippen LogP contribution in [0.15, 0.2) is 36.7 Å². The van der Waals surface area contributed by atoms with Gasteiger partial charge in [0, 0.05) is 27.1 Å². The maximum Gasteiger partial charge on any atom is 0.417 e. The molecular weight excluding hydrogens is 361 g/mol. The number of ether oxygens (including phenoxy) is 1. The van der Waals surface area contributed by atoms with Crippen molar-refractivity contribution in [1.29, 1.82) is 0 Å². The van der Waals surface area contributed by atoms with Gasteiger partial charge in [0.1, 0.15) is 6.10 Å². The van der Waals surface area contributed by atoms with E-state index in [2.05, 4.69) is 9.97 Å². The zero-order chi connectivity index (χ0) is 19.6. The Morgan fingerprint density at radius 1 is 1.26 bits per heavy atom. The lowest BCUT2D eigenvalue weighted by Crippen LogP contribution is -2.32. The van der Waals surface area contributed by atoms with Gasteiger partial charge in [-0.25, -0.2) is 0 Å². The van der Waals surface area contributed by atoms with Crippen molar-refractivity contribution in [1.82, 2.24) is 14.9 Å². The maximum absolute atomic E-state index is 13.1. The topological polar surface area (TPSA) is 58.6 Å². The molecule has 1 unspecified atom stereocenters. The van der Waals surface area contributed by atoms with Crippen molar-refractivity contribution in [2.45, 2.75) is 18.7 Å². The Balaban J connectivity index is 1.70. The number of amides is 1. The van der Waals surface area contributed by atoms with Gasteiger partial charge in [0.05, 0.1) is 30.1 Å². The van der Waals surface area contributed by atoms with Crippen molar-refractivity contribution in [3.63, 3.8) is 0 Å². The lowest BCUT2D eigenvalue weighted by Gasteiger charge is -2.20. The zero-order valence-corrected chi connectivity index (χ0v) is 14.9. The number of benzene rings is 1. The summed E-state index contributed by atoms with van der Waals surface area (Å²) in [5.41, 5.74) is -1.27. The summed E-state index contributed by atoms with van der Waals surface area (Å²) in [5.74, 6) is 0.288. The highest BCUT2D eigenvalue weighted by atomic mass is 19.4. The van der Waals surface area contributed by atoms with Gasteiger partial charge >= 0.3 is 6.18 Å². The fraction of sp³-hybridized carbons (Fsp3) is 0.389. The van der Waals surface area contributed by atoms with Gasteiger partial charge in [-0.3, -0.25) is 9.78 Å². The second kappa shape index (κ2) is 7.42. The summed E-state index contributed by atoms with van der Waals surface area (Å²) in [7, 11) is 3.64. The normalized spacial score (nSPS) is 17.1. The van der Waals surface area contributed by atoms with Crippen molar-refractivity contribution in [2.75, 3.05) is 32.1 Å². The fourth-order valence-corrected chi connectivity index (χ4v) is 2.88. The first kappa shape index (κ1) is 18.9. The average molecular weight is 380 g/mol. The molecule has 0 saturated carbocycles. The summed E-state index contributed by atoms with van der Waals surface area (Å²) in [6, 6.07) is 4.81. The number of carbonyl (C=O) groups excluding carboxylic acids is 1. The largest absolute Gasteiger partial charge is 0.471 e. The summed E-state index contributed by atoms with van der Waals surface area (Å²) < 4.78 is 45.2. The van der Waals surface area contributed by atoms with E-state index in [0.717, 1.165) is 6.07 Å². The van der Waals surface area contributed by atoms with Crippen LogP contribution in [-0.2, 0) is 6.18 Å². The molecule has 3 rings (SSSR count). The third-order valence-corrected chi connectivity index (χ3v) is 4.24. The number of carbonyl (C=O) groups is 1. The number of alkyl halides is 3. The first-order valence-electron chi connectivity index (χ1n) is 8.37. The molecule has 1 aromatic carbocycles. The van der Waals surface area contributed by atoms with Crippen LogP contribution in [0.25, 0.3) is 0 Å². The highest BCUT2D eigenvalue weighted by Crippen LogP contribution is 2.33. The Morgan fingerprint density at radius 3 is 2.70 bits per heavy atom. The first-order chi connectivity index (χ1) is 12.8. The highest BCUT2D eigenvalue weighted by Gasteiger charge is 2.37. The maximum atomic E-state index is 13.1. The summed E-state index contributed by atoms with van der Waals surface area (Å²) >= 11 is 0. The molecule has 0 spiro atoms. The lowest BCUT2D eigenvalue weighted by atomic mass is 10.1. The second-order valence-electron chi connectivity index (χ2n) is 6.43. The number of hydrogen-bond acceptors (Lipinski definition) is 5. The summed E-state index contributed by atoms with van der Waals surface area (Å²) in [6.45, 7) is 0.509. The van der Waals surface area contributed by atoms with Gasteiger partial charge in [-0.15, -0.1) is 0 Å². The molecule has 0 bridgehead atoms. The van der Waals surface area contributed by atoms with Gasteiger partial charge in [-0.05, 0) is 12.1 Å². The molecule has 144 valence electrons. The van der Waals surface area contributed by atoms with E-state index in [1.54, 1.807) is 11.1 Å². The Bertz CT molecular complexity index is 826. The molecule has 0 radical (unpaired) electrons. The smallest absolute Gasteiger partial charge is 0.417 e. The second-order valence-corrected chi connectivity index (χ2v) is 6.43. The molecule has 1 atom stereocenters. The SMILES string of the molecule is CN(C)c1cncc(OC2CCN(C(=O)c3ccccc3C(F)(F)F)C2)n1. The van der Waals surface area contributed by atoms with Gasteiger partial charge in [-0.1, -0.05) is 12.1 Å². The highest BCUT2D eigenvalue weighted by molar-refractivity contribution is 5.96. The predicted molar refractivity (Wildman–Crippen MR) is 92.7 cm³/mol. The van der Waals surface area contributed by atoms with Crippen LogP contribution in [0, 0.1) is 0 Å². The molecule has 9 heteroatoms. The number of rotatable bonds is 4. The molecule has 1 aliphatic rings. The van der Waals surface area contributed by atoms with Crippen molar-refractivity contribution in [3.05, 3.63) is 47.8 Å². The Morgan fingerprint density at radius 2 is 2.00 bits per heavy atom. The van der Waals surface area contributed by atoms with Crippen LogP contribution in [0.4, 0.5) is 19.0 Å². The van der Waals surface area contributed by atoms with E-state index in [4.69, 9.17) is 4.74 Å². The van der Waals surface area contributed by atoms with Crippen LogP contribution in [0.3, 0.4) is 0 Å². The van der Waals surface area contributed by atoms with Crippen LogP contribution in [-0.4, -0.2) is 54.1 Å². The van der Waals surface area contributed by atoms with Gasteiger partial charge in [0.15, 0.2) is 5.82 Å². The van der Waals surface area contributed by atoms with Crippen LogP contribution in [0.2, 0.25) is 0 Å². The molecule has 1 aromatic heterocycles. The van der Waals surface area contributed by atoms with Crippen molar-refractivity contribution in [2.24, 2.45) is 0 Å². The number of nitrogens with zero attached hydrogens (tertiary/aromatic N) is 4. The minimum Gasteiger partial charge on any atom is -0.471 e. The zero-order valence-electron chi connectivity index (χ0n) is 14.9. The number of aromatic nitrogens is 2. The van der Waals surface area contributed by atoms with Gasteiger partial charge in [0.2, 0.25) is 5.88 Å². The minimum absolute atomic E-state index is 0.193. The van der Waals surface area contributed by atoms with Crippen LogP contribution >= 0.6 is 0 Å². The average Bonchev–Trinajstić information content (AvgIpc) is 3.09. The molecular formula is C18H19F3N4O2. The van der Waals surface area contributed by atoms with Gasteiger partial charge < -0.3 is 14.5 Å². The first-order valence-corrected chi connectivity index (χ1v) is 8.37. The number of halogens is 3. The lowest BCUT2D eigenvalue weighted by molar-refractivity contribution is -0.138. The summed E-state index contributed by atoms with van der Waals surface area (Å²) in [4.78, 5) is 24.1. The predicted octanol–water partition coefficient (Wildman–Crippen LogP) is 2.85. The molecule has 2 heterocycles. The van der Waals surface area contributed by atoms with E-state index in [-0.39, 0.29) is 18.2 Å². The number of likely N-dealkylation sites (tertiary alicyclic amines) is 1. The molecule has 1 saturated heterocycles. The molecule has 0 N–H and O–H groups in total. The van der Waals surface area contributed by atoms with Crippen LogP contribution in [0.5, 0.6) is 5.88 Å². The van der Waals surface area contributed by atoms with Crippen LogP contribution < -0.4 is 9.64 Å². The van der Waals surface area contributed by atoms with Gasteiger partial charge in [0.25, 0.3) is 5.91 Å². The minimum atomic E-state index is -4.58. The molecule has 0 aliphatic carbocycles. The van der Waals surface area contributed by atoms with E-state index in [1.807, 2.05) is 14.1 Å². The fourth-order valence-electron chi connectivity index (χ4n) is 2.88. The number of anilines is 1. The molecule has 1 amide bonds. The summed E-state index contributed by atoms with van der Waals surface area (Å²) in [5, 5.41) is 0. The molecule has 2 aromatic rings. The number of hydrogen-bond donors (Lipinski definition) is 0. The van der Waals surface area contributed by atoms with Crippen molar-refractivity contribution in [3.8, 4) is 5.88 Å². The van der Waals surface area contributed by atoms with E-state index in [9.17, 15) is 18.0 Å². The monoisotopic (exact) mass is 380 g/mol. The standard InChI is InChI=1S/C18H19F3N4O2/c1-24(2)15-9-22-10-16(23-15)27-12-7-8-25(11-12)17(26)13-5-3-4-6-14(13)18(19,20)21/h3-6,9-10,12H,7-8,11H2,1-2H3. The van der Waals surface area contributed by atoms with E-state index < -0.39 is 17.6 Å². The van der Waals surface area contributed by atoms with E-state index in [1.165, 1.54) is 29.3 Å². The summed E-state index contributed by atoms with van der Waals surface area (Å²) in [6.07, 6.45) is -1.36. The molecule has 27 heavy (non-hydrogen) atoms. The van der Waals surface area contributed by atoms with Crippen LogP contribution in [0.1, 0.15) is 22.3 Å². The van der Waals surface area contributed by atoms with E-state index in [0.29, 0.717) is 24.7 Å². The molecule has 1 aliphatic heterocycles. The van der Waals surface area contributed by atoms with E-state index >= 15 is 0 Å². The Hall–Kier alpha value is -2.84. The molecule has 1 fully saturated rings.